The summed E-state index contributed by atoms with van der Waals surface area (Å²) in [6.45, 7) is 7.04. The Morgan fingerprint density at radius 3 is 2.55 bits per heavy atom. The van der Waals surface area contributed by atoms with E-state index in [-0.39, 0.29) is 5.91 Å². The number of ether oxygens (including phenoxy) is 2. The SMILES string of the molecule is C[C@]1(NC(=O)CN2CCOCC2)CCOC2(CCN(c3ncccn3)CC2)[C@@H]1O. The molecule has 3 aliphatic heterocycles. The first-order chi connectivity index (χ1) is 14.0. The zero-order valence-electron chi connectivity index (χ0n) is 17.0. The average molecular weight is 405 g/mol. The van der Waals surface area contributed by atoms with Crippen LogP contribution in [0.3, 0.4) is 0 Å². The fourth-order valence-electron chi connectivity index (χ4n) is 4.67. The molecule has 3 aliphatic rings. The zero-order chi connectivity index (χ0) is 20.3. The van der Waals surface area contributed by atoms with Crippen LogP contribution in [0.1, 0.15) is 26.2 Å². The molecule has 1 amide bonds. The van der Waals surface area contributed by atoms with Gasteiger partial charge in [0.2, 0.25) is 11.9 Å². The highest BCUT2D eigenvalue weighted by molar-refractivity contribution is 5.79. The van der Waals surface area contributed by atoms with Crippen LogP contribution >= 0.6 is 0 Å². The van der Waals surface area contributed by atoms with Crippen molar-refractivity contribution in [3.05, 3.63) is 18.5 Å². The summed E-state index contributed by atoms with van der Waals surface area (Å²) in [5.41, 5.74) is -1.35. The van der Waals surface area contributed by atoms with Crippen molar-refractivity contribution in [2.24, 2.45) is 0 Å². The van der Waals surface area contributed by atoms with Gasteiger partial charge in [0, 0.05) is 45.2 Å². The van der Waals surface area contributed by atoms with Crippen LogP contribution in [0.25, 0.3) is 0 Å². The van der Waals surface area contributed by atoms with Crippen LogP contribution in [0.2, 0.25) is 0 Å². The third-order valence-corrected chi connectivity index (χ3v) is 6.45. The lowest BCUT2D eigenvalue weighted by Gasteiger charge is -2.53. The molecule has 0 radical (unpaired) electrons. The highest BCUT2D eigenvalue weighted by atomic mass is 16.5. The molecule has 3 fully saturated rings. The minimum absolute atomic E-state index is 0.0550. The summed E-state index contributed by atoms with van der Waals surface area (Å²) >= 11 is 0. The summed E-state index contributed by atoms with van der Waals surface area (Å²) in [6, 6.07) is 1.80. The predicted octanol–water partition coefficient (Wildman–Crippen LogP) is -0.196. The molecular weight excluding hydrogens is 374 g/mol. The third kappa shape index (κ3) is 4.37. The Hall–Kier alpha value is -1.81. The van der Waals surface area contributed by atoms with E-state index in [1.54, 1.807) is 18.5 Å². The molecule has 0 bridgehead atoms. The number of hydrogen-bond donors (Lipinski definition) is 2. The van der Waals surface area contributed by atoms with Crippen molar-refractivity contribution < 1.29 is 19.4 Å². The number of carbonyl (C=O) groups excluding carboxylic acids is 1. The van der Waals surface area contributed by atoms with Crippen molar-refractivity contribution in [2.45, 2.75) is 43.4 Å². The topological polar surface area (TPSA) is 100 Å². The molecule has 1 aromatic heterocycles. The van der Waals surface area contributed by atoms with Gasteiger partial charge in [0.05, 0.1) is 30.9 Å². The van der Waals surface area contributed by atoms with Gasteiger partial charge in [0.15, 0.2) is 0 Å². The summed E-state index contributed by atoms with van der Waals surface area (Å²) in [5.74, 6) is 0.648. The number of piperidine rings is 1. The highest BCUT2D eigenvalue weighted by Crippen LogP contribution is 2.40. The largest absolute Gasteiger partial charge is 0.388 e. The Kier molecular flexibility index (Phi) is 6.00. The fraction of sp³-hybridized carbons (Fsp3) is 0.750. The molecule has 2 N–H and O–H groups in total. The molecule has 0 unspecified atom stereocenters. The van der Waals surface area contributed by atoms with Gasteiger partial charge >= 0.3 is 0 Å². The Labute approximate surface area is 171 Å². The van der Waals surface area contributed by atoms with Gasteiger partial charge in [-0.2, -0.15) is 0 Å². The first-order valence-electron chi connectivity index (χ1n) is 10.5. The lowest BCUT2D eigenvalue weighted by atomic mass is 9.73. The van der Waals surface area contributed by atoms with Crippen LogP contribution in [0.4, 0.5) is 5.95 Å². The molecule has 0 aromatic carbocycles. The molecule has 4 heterocycles. The molecule has 9 nitrogen and oxygen atoms in total. The molecule has 29 heavy (non-hydrogen) atoms. The molecule has 9 heteroatoms. The quantitative estimate of drug-likeness (QED) is 0.711. The minimum atomic E-state index is -0.767. The van der Waals surface area contributed by atoms with Crippen molar-refractivity contribution in [3.63, 3.8) is 0 Å². The van der Waals surface area contributed by atoms with Crippen LogP contribution in [0, 0.1) is 0 Å². The maximum atomic E-state index is 12.7. The van der Waals surface area contributed by atoms with Crippen molar-refractivity contribution in [1.82, 2.24) is 20.2 Å². The van der Waals surface area contributed by atoms with Gasteiger partial charge in [0.1, 0.15) is 6.10 Å². The second-order valence-corrected chi connectivity index (χ2v) is 8.46. The molecule has 3 saturated heterocycles. The normalized spacial score (nSPS) is 30.3. The standard InChI is InChI=1S/C20H31N5O4/c1-19(23-16(26)15-24-10-13-28-14-11-24)5-12-29-20(17(19)27)3-8-25(9-4-20)18-21-6-2-7-22-18/h2,6-7,17,27H,3-5,8-15H2,1H3,(H,23,26)/t17-,19+/m1/s1. The van der Waals surface area contributed by atoms with E-state index < -0.39 is 17.2 Å². The summed E-state index contributed by atoms with van der Waals surface area (Å²) < 4.78 is 11.5. The maximum absolute atomic E-state index is 12.7. The van der Waals surface area contributed by atoms with E-state index in [0.29, 0.717) is 64.7 Å². The first-order valence-corrected chi connectivity index (χ1v) is 10.5. The molecule has 4 rings (SSSR count). The maximum Gasteiger partial charge on any atom is 0.234 e. The van der Waals surface area contributed by atoms with Gasteiger partial charge < -0.3 is 24.8 Å². The molecule has 0 saturated carbocycles. The summed E-state index contributed by atoms with van der Waals surface area (Å²) in [6.07, 6.45) is 4.63. The summed E-state index contributed by atoms with van der Waals surface area (Å²) in [7, 11) is 0. The number of amides is 1. The number of rotatable bonds is 4. The number of carbonyl (C=O) groups is 1. The van der Waals surface area contributed by atoms with Crippen LogP contribution in [-0.4, -0.2) is 95.7 Å². The molecule has 160 valence electrons. The number of nitrogens with zero attached hydrogens (tertiary/aromatic N) is 4. The number of hydrogen-bond acceptors (Lipinski definition) is 8. The molecule has 1 aromatic rings. The van der Waals surface area contributed by atoms with Gasteiger partial charge in [-0.15, -0.1) is 0 Å². The summed E-state index contributed by atoms with van der Waals surface area (Å²) in [5, 5.41) is 14.4. The van der Waals surface area contributed by atoms with Crippen LogP contribution in [0.15, 0.2) is 18.5 Å². The van der Waals surface area contributed by atoms with E-state index in [0.717, 1.165) is 13.1 Å². The van der Waals surface area contributed by atoms with Crippen molar-refractivity contribution in [1.29, 1.82) is 0 Å². The minimum Gasteiger partial charge on any atom is -0.388 e. The number of anilines is 1. The van der Waals surface area contributed by atoms with Crippen LogP contribution in [0.5, 0.6) is 0 Å². The lowest BCUT2D eigenvalue weighted by Crippen LogP contribution is -2.69. The predicted molar refractivity (Wildman–Crippen MR) is 107 cm³/mol. The van der Waals surface area contributed by atoms with E-state index in [1.165, 1.54) is 0 Å². The van der Waals surface area contributed by atoms with Gasteiger partial charge in [0.25, 0.3) is 0 Å². The van der Waals surface area contributed by atoms with Crippen molar-refractivity contribution in [3.8, 4) is 0 Å². The van der Waals surface area contributed by atoms with Gasteiger partial charge in [-0.3, -0.25) is 9.69 Å². The number of aliphatic hydroxyl groups excluding tert-OH is 1. The van der Waals surface area contributed by atoms with E-state index in [9.17, 15) is 9.90 Å². The van der Waals surface area contributed by atoms with E-state index >= 15 is 0 Å². The molecular formula is C20H31N5O4. The number of morpholine rings is 1. The number of aromatic nitrogens is 2. The van der Waals surface area contributed by atoms with Gasteiger partial charge in [-0.1, -0.05) is 0 Å². The van der Waals surface area contributed by atoms with Gasteiger partial charge in [-0.05, 0) is 32.3 Å². The first kappa shape index (κ1) is 20.5. The second kappa shape index (κ2) is 8.51. The Morgan fingerprint density at radius 1 is 1.17 bits per heavy atom. The summed E-state index contributed by atoms with van der Waals surface area (Å²) in [4.78, 5) is 25.5. The Balaban J connectivity index is 1.38. The van der Waals surface area contributed by atoms with Crippen molar-refractivity contribution >= 4 is 11.9 Å². The Bertz CT molecular complexity index is 691. The lowest BCUT2D eigenvalue weighted by molar-refractivity contribution is -0.198. The van der Waals surface area contributed by atoms with Crippen LogP contribution in [-0.2, 0) is 14.3 Å². The number of nitrogens with one attached hydrogen (secondary N) is 1. The van der Waals surface area contributed by atoms with Gasteiger partial charge in [-0.25, -0.2) is 9.97 Å². The molecule has 1 spiro atoms. The van der Waals surface area contributed by atoms with E-state index in [1.807, 2.05) is 6.92 Å². The fourth-order valence-corrected chi connectivity index (χ4v) is 4.67. The average Bonchev–Trinajstić information content (AvgIpc) is 2.74. The molecule has 2 atom stereocenters. The smallest absolute Gasteiger partial charge is 0.234 e. The molecule has 0 aliphatic carbocycles. The Morgan fingerprint density at radius 2 is 1.86 bits per heavy atom. The number of aliphatic hydroxyl groups is 1. The van der Waals surface area contributed by atoms with Crippen LogP contribution < -0.4 is 10.2 Å². The van der Waals surface area contributed by atoms with Crippen molar-refractivity contribution in [2.75, 3.05) is 57.4 Å². The highest BCUT2D eigenvalue weighted by Gasteiger charge is 2.54. The zero-order valence-corrected chi connectivity index (χ0v) is 17.0. The monoisotopic (exact) mass is 405 g/mol. The third-order valence-electron chi connectivity index (χ3n) is 6.45. The van der Waals surface area contributed by atoms with E-state index in [2.05, 4.69) is 25.1 Å². The second-order valence-electron chi connectivity index (χ2n) is 8.46. The van der Waals surface area contributed by atoms with E-state index in [4.69, 9.17) is 9.47 Å².